The van der Waals surface area contributed by atoms with E-state index in [-0.39, 0.29) is 27.8 Å². The van der Waals surface area contributed by atoms with E-state index in [0.29, 0.717) is 35.6 Å². The van der Waals surface area contributed by atoms with Crippen molar-refractivity contribution in [3.05, 3.63) is 52.1 Å². The van der Waals surface area contributed by atoms with Crippen LogP contribution in [0.15, 0.2) is 57.1 Å². The highest BCUT2D eigenvalue weighted by Gasteiger charge is 2.27. The molecule has 0 atom stereocenters. The lowest BCUT2D eigenvalue weighted by Crippen LogP contribution is -2.28. The van der Waals surface area contributed by atoms with Crippen molar-refractivity contribution >= 4 is 41.6 Å². The van der Waals surface area contributed by atoms with Crippen molar-refractivity contribution in [2.24, 2.45) is 0 Å². The number of benzene rings is 2. The van der Waals surface area contributed by atoms with Crippen LogP contribution in [0.2, 0.25) is 0 Å². The molecule has 0 spiro atoms. The van der Waals surface area contributed by atoms with Gasteiger partial charge in [0.25, 0.3) is 0 Å². The largest absolute Gasteiger partial charge is 0.492 e. The average Bonchev–Trinajstić information content (AvgIpc) is 3.44. The van der Waals surface area contributed by atoms with Crippen LogP contribution < -0.4 is 14.3 Å². The van der Waals surface area contributed by atoms with Gasteiger partial charge in [-0.05, 0) is 62.2 Å². The van der Waals surface area contributed by atoms with Gasteiger partial charge in [0.05, 0.1) is 20.0 Å². The van der Waals surface area contributed by atoms with Crippen LogP contribution >= 0.6 is 11.3 Å². The van der Waals surface area contributed by atoms with Crippen LogP contribution in [0.25, 0.3) is 10.2 Å². The maximum atomic E-state index is 12.6. The van der Waals surface area contributed by atoms with Crippen LogP contribution in [0.3, 0.4) is 0 Å². The number of rotatable bonds is 9. The van der Waals surface area contributed by atoms with Crippen molar-refractivity contribution in [3.8, 4) is 5.75 Å². The molecule has 178 valence electrons. The van der Waals surface area contributed by atoms with E-state index in [2.05, 4.69) is 4.72 Å². The van der Waals surface area contributed by atoms with E-state index in [9.17, 15) is 21.6 Å². The van der Waals surface area contributed by atoms with Gasteiger partial charge in [-0.15, -0.1) is 0 Å². The Hall–Kier alpha value is -2.25. The highest BCUT2D eigenvalue weighted by atomic mass is 32.2. The number of thiazole rings is 1. The summed E-state index contributed by atoms with van der Waals surface area (Å²) < 4.78 is 62.1. The summed E-state index contributed by atoms with van der Waals surface area (Å²) in [6.07, 6.45) is 1.74. The van der Waals surface area contributed by atoms with E-state index in [1.165, 1.54) is 28.6 Å². The van der Waals surface area contributed by atoms with Crippen molar-refractivity contribution in [1.82, 2.24) is 13.6 Å². The summed E-state index contributed by atoms with van der Waals surface area (Å²) >= 11 is 1.01. The van der Waals surface area contributed by atoms with Crippen LogP contribution in [0.5, 0.6) is 5.75 Å². The van der Waals surface area contributed by atoms with E-state index in [1.807, 2.05) is 6.92 Å². The van der Waals surface area contributed by atoms with Gasteiger partial charge in [-0.25, -0.2) is 21.6 Å². The fourth-order valence-electron chi connectivity index (χ4n) is 3.73. The molecule has 0 amide bonds. The van der Waals surface area contributed by atoms with Gasteiger partial charge in [-0.3, -0.25) is 9.36 Å². The van der Waals surface area contributed by atoms with Gasteiger partial charge < -0.3 is 4.74 Å². The Morgan fingerprint density at radius 3 is 2.33 bits per heavy atom. The molecule has 9 nitrogen and oxygen atoms in total. The van der Waals surface area contributed by atoms with E-state index in [4.69, 9.17) is 4.74 Å². The Morgan fingerprint density at radius 1 is 1.00 bits per heavy atom. The molecule has 1 N–H and O–H groups in total. The van der Waals surface area contributed by atoms with Gasteiger partial charge in [-0.2, -0.15) is 4.31 Å². The third-order valence-corrected chi connectivity index (χ3v) is 9.77. The zero-order chi connectivity index (χ0) is 23.6. The number of hydrogen-bond donors (Lipinski definition) is 1. The molecule has 1 fully saturated rings. The topological polar surface area (TPSA) is 115 Å². The lowest BCUT2D eigenvalue weighted by Gasteiger charge is -2.15. The standard InChI is InChI=1S/C21H25N3O6S3/c1-2-24-19-10-9-18(15-20(19)31-21(24)25)32(26,27)22-11-14-30-16-5-7-17(8-6-16)33(28,29)23-12-3-4-13-23/h5-10,15,22H,2-4,11-14H2,1H3. The summed E-state index contributed by atoms with van der Waals surface area (Å²) in [5, 5.41) is 0. The number of fused-ring (bicyclic) bond motifs is 1. The van der Waals surface area contributed by atoms with Crippen molar-refractivity contribution in [2.75, 3.05) is 26.2 Å². The third kappa shape index (κ3) is 4.99. The Balaban J connectivity index is 1.34. The normalized spacial score (nSPS) is 15.3. The number of ether oxygens (including phenoxy) is 1. The zero-order valence-electron chi connectivity index (χ0n) is 18.1. The Morgan fingerprint density at radius 2 is 1.67 bits per heavy atom. The number of hydrogen-bond acceptors (Lipinski definition) is 7. The lowest BCUT2D eigenvalue weighted by molar-refractivity contribution is 0.322. The molecule has 0 saturated carbocycles. The van der Waals surface area contributed by atoms with E-state index >= 15 is 0 Å². The molecular formula is C21H25N3O6S3. The second kappa shape index (κ2) is 9.55. The second-order valence-corrected chi connectivity index (χ2v) is 12.3. The molecule has 3 aromatic rings. The van der Waals surface area contributed by atoms with Crippen molar-refractivity contribution in [2.45, 2.75) is 36.1 Å². The fraction of sp³-hybridized carbons (Fsp3) is 0.381. The molecule has 2 heterocycles. The first-order valence-electron chi connectivity index (χ1n) is 10.6. The van der Waals surface area contributed by atoms with E-state index in [1.54, 1.807) is 22.8 Å². The SMILES string of the molecule is CCn1c(=O)sc2cc(S(=O)(=O)NCCOc3ccc(S(=O)(=O)N4CCCC4)cc3)ccc21. The highest BCUT2D eigenvalue weighted by Crippen LogP contribution is 2.23. The van der Waals surface area contributed by atoms with Crippen LogP contribution in [-0.2, 0) is 26.6 Å². The zero-order valence-corrected chi connectivity index (χ0v) is 20.5. The van der Waals surface area contributed by atoms with Gasteiger partial charge >= 0.3 is 4.87 Å². The van der Waals surface area contributed by atoms with Crippen molar-refractivity contribution in [3.63, 3.8) is 0 Å². The first-order chi connectivity index (χ1) is 15.7. The molecule has 33 heavy (non-hydrogen) atoms. The quantitative estimate of drug-likeness (QED) is 0.441. The van der Waals surface area contributed by atoms with Gasteiger partial charge in [0, 0.05) is 26.2 Å². The third-order valence-electron chi connectivity index (χ3n) is 5.46. The molecule has 0 unspecified atom stereocenters. The lowest BCUT2D eigenvalue weighted by atomic mass is 10.3. The Kier molecular flexibility index (Phi) is 6.91. The molecule has 0 aliphatic carbocycles. The Labute approximate surface area is 196 Å². The number of nitrogens with zero attached hydrogens (tertiary/aromatic N) is 2. The molecule has 0 radical (unpaired) electrons. The first kappa shape index (κ1) is 23.9. The molecule has 4 rings (SSSR count). The minimum atomic E-state index is -3.77. The number of aromatic nitrogens is 1. The second-order valence-electron chi connectivity index (χ2n) is 7.57. The van der Waals surface area contributed by atoms with Gasteiger partial charge in [-0.1, -0.05) is 11.3 Å². The summed E-state index contributed by atoms with van der Waals surface area (Å²) in [5.74, 6) is 0.446. The van der Waals surface area contributed by atoms with Crippen LogP contribution in [-0.4, -0.2) is 51.9 Å². The van der Waals surface area contributed by atoms with Gasteiger partial charge in [0.1, 0.15) is 12.4 Å². The maximum Gasteiger partial charge on any atom is 0.308 e. The Bertz CT molecular complexity index is 1400. The summed E-state index contributed by atoms with van der Waals surface area (Å²) in [7, 11) is -7.25. The predicted octanol–water partition coefficient (Wildman–Crippen LogP) is 2.22. The van der Waals surface area contributed by atoms with Crippen LogP contribution in [0.4, 0.5) is 0 Å². The van der Waals surface area contributed by atoms with Crippen molar-refractivity contribution in [1.29, 1.82) is 0 Å². The van der Waals surface area contributed by atoms with Crippen LogP contribution in [0.1, 0.15) is 19.8 Å². The summed E-state index contributed by atoms with van der Waals surface area (Å²) in [5.41, 5.74) is 0.713. The van der Waals surface area contributed by atoms with Gasteiger partial charge in [0.15, 0.2) is 0 Å². The molecule has 1 aliphatic heterocycles. The molecule has 1 aromatic heterocycles. The summed E-state index contributed by atoms with van der Waals surface area (Å²) in [4.78, 5) is 12.2. The molecule has 1 saturated heterocycles. The molecule has 0 bridgehead atoms. The number of sulfonamides is 2. The molecular weight excluding hydrogens is 486 g/mol. The smallest absolute Gasteiger partial charge is 0.308 e. The van der Waals surface area contributed by atoms with Crippen molar-refractivity contribution < 1.29 is 21.6 Å². The fourth-order valence-corrected chi connectivity index (χ4v) is 7.35. The number of aryl methyl sites for hydroxylation is 1. The summed E-state index contributed by atoms with van der Waals surface area (Å²) in [6, 6.07) is 10.7. The minimum absolute atomic E-state index is 0.0282. The monoisotopic (exact) mass is 511 g/mol. The van der Waals surface area contributed by atoms with E-state index < -0.39 is 20.0 Å². The van der Waals surface area contributed by atoms with E-state index in [0.717, 1.165) is 24.2 Å². The maximum absolute atomic E-state index is 12.6. The number of nitrogens with one attached hydrogen (secondary N) is 1. The molecule has 1 aliphatic rings. The first-order valence-corrected chi connectivity index (χ1v) is 14.3. The molecule has 12 heteroatoms. The average molecular weight is 512 g/mol. The highest BCUT2D eigenvalue weighted by molar-refractivity contribution is 7.89. The molecule has 2 aromatic carbocycles. The minimum Gasteiger partial charge on any atom is -0.492 e. The van der Waals surface area contributed by atoms with Gasteiger partial charge in [0.2, 0.25) is 20.0 Å². The predicted molar refractivity (Wildman–Crippen MR) is 127 cm³/mol. The summed E-state index contributed by atoms with van der Waals surface area (Å²) in [6.45, 7) is 3.55. The van der Waals surface area contributed by atoms with Crippen LogP contribution in [0, 0.1) is 0 Å².